The third-order valence-electron chi connectivity index (χ3n) is 0.858. The lowest BCUT2D eigenvalue weighted by Gasteiger charge is -2.06. The second-order valence-corrected chi connectivity index (χ2v) is 2.92. The lowest BCUT2D eigenvalue weighted by atomic mass is 10.4. The van der Waals surface area contributed by atoms with Gasteiger partial charge in [-0.25, -0.2) is 0 Å². The average Bonchev–Trinajstić information content (AvgIpc) is 2.00. The van der Waals surface area contributed by atoms with Gasteiger partial charge in [-0.2, -0.15) is 4.21 Å². The number of halogens is 1. The topological polar surface area (TPSA) is 72.8 Å². The fourth-order valence-electron chi connectivity index (χ4n) is 0.419. The van der Waals surface area contributed by atoms with Crippen LogP contribution in [0, 0.1) is 0 Å². The summed E-state index contributed by atoms with van der Waals surface area (Å²) in [5.74, 6) is -0.662. The molecule has 0 amide bonds. The van der Waals surface area contributed by atoms with Crippen molar-refractivity contribution in [2.45, 2.75) is 12.3 Å². The quantitative estimate of drug-likeness (QED) is 0.407. The van der Waals surface area contributed by atoms with Crippen molar-refractivity contribution in [3.8, 4) is 0 Å². The SMILES string of the molecule is CCOC(=O)C(Cl)COS(=O)O. The van der Waals surface area contributed by atoms with Crippen molar-refractivity contribution >= 4 is 28.9 Å². The van der Waals surface area contributed by atoms with Crippen LogP contribution in [0.2, 0.25) is 0 Å². The molecule has 0 aliphatic heterocycles. The van der Waals surface area contributed by atoms with Crippen molar-refractivity contribution in [2.24, 2.45) is 0 Å². The summed E-state index contributed by atoms with van der Waals surface area (Å²) < 4.78 is 26.8. The number of ether oxygens (including phenoxy) is 1. The molecule has 5 nitrogen and oxygen atoms in total. The molecule has 72 valence electrons. The van der Waals surface area contributed by atoms with Crippen molar-refractivity contribution in [2.75, 3.05) is 13.2 Å². The first kappa shape index (κ1) is 11.8. The van der Waals surface area contributed by atoms with Crippen molar-refractivity contribution in [1.29, 1.82) is 0 Å². The predicted octanol–water partition coefficient (Wildman–Crippen LogP) is 0.310. The summed E-state index contributed by atoms with van der Waals surface area (Å²) in [5, 5.41) is -1.04. The normalized spacial score (nSPS) is 15.2. The number of hydrogen-bond donors (Lipinski definition) is 1. The van der Waals surface area contributed by atoms with Gasteiger partial charge < -0.3 is 4.74 Å². The number of esters is 1. The Morgan fingerprint density at radius 2 is 2.33 bits per heavy atom. The van der Waals surface area contributed by atoms with Gasteiger partial charge in [-0.1, -0.05) is 0 Å². The molecule has 0 saturated heterocycles. The Kier molecular flexibility index (Phi) is 6.27. The number of rotatable bonds is 5. The molecule has 1 N–H and O–H groups in total. The molecule has 0 fully saturated rings. The van der Waals surface area contributed by atoms with E-state index in [9.17, 15) is 9.00 Å². The highest BCUT2D eigenvalue weighted by molar-refractivity contribution is 7.74. The molecule has 7 heteroatoms. The van der Waals surface area contributed by atoms with E-state index in [0.717, 1.165) is 0 Å². The minimum Gasteiger partial charge on any atom is -0.465 e. The Morgan fingerprint density at radius 3 is 2.75 bits per heavy atom. The Morgan fingerprint density at radius 1 is 1.75 bits per heavy atom. The van der Waals surface area contributed by atoms with Gasteiger partial charge in [0.15, 0.2) is 5.38 Å². The number of hydrogen-bond acceptors (Lipinski definition) is 4. The molecule has 0 aromatic rings. The van der Waals surface area contributed by atoms with Crippen LogP contribution in [0.5, 0.6) is 0 Å². The molecule has 0 bridgehead atoms. The maximum atomic E-state index is 10.7. The largest absolute Gasteiger partial charge is 0.465 e. The van der Waals surface area contributed by atoms with Gasteiger partial charge in [0.05, 0.1) is 13.2 Å². The number of alkyl halides is 1. The van der Waals surface area contributed by atoms with Crippen molar-refractivity contribution in [3.05, 3.63) is 0 Å². The van der Waals surface area contributed by atoms with Crippen LogP contribution in [0.15, 0.2) is 0 Å². The molecule has 0 aliphatic rings. The van der Waals surface area contributed by atoms with E-state index in [-0.39, 0.29) is 13.2 Å². The molecule has 2 unspecified atom stereocenters. The minimum absolute atomic E-state index is 0.213. The van der Waals surface area contributed by atoms with Crippen LogP contribution < -0.4 is 0 Å². The molecule has 0 heterocycles. The van der Waals surface area contributed by atoms with Gasteiger partial charge in [-0.05, 0) is 6.92 Å². The molecule has 0 saturated carbocycles. The van der Waals surface area contributed by atoms with Gasteiger partial charge in [-0.15, -0.1) is 11.6 Å². The van der Waals surface area contributed by atoms with Crippen LogP contribution >= 0.6 is 11.6 Å². The first-order chi connectivity index (χ1) is 5.57. The van der Waals surface area contributed by atoms with E-state index in [4.69, 9.17) is 16.2 Å². The summed E-state index contributed by atoms with van der Waals surface area (Å²) in [4.78, 5) is 10.7. The van der Waals surface area contributed by atoms with Gasteiger partial charge >= 0.3 is 17.3 Å². The number of carbonyl (C=O) groups excluding carboxylic acids is 1. The summed E-state index contributed by atoms with van der Waals surface area (Å²) in [7, 11) is 0. The summed E-state index contributed by atoms with van der Waals surface area (Å²) >= 11 is 3.01. The highest BCUT2D eigenvalue weighted by Crippen LogP contribution is 2.00. The Hall–Kier alpha value is -0.170. The zero-order valence-corrected chi connectivity index (χ0v) is 7.93. The van der Waals surface area contributed by atoms with E-state index < -0.39 is 22.7 Å². The lowest BCUT2D eigenvalue weighted by molar-refractivity contribution is -0.143. The van der Waals surface area contributed by atoms with Crippen LogP contribution in [-0.4, -0.2) is 33.3 Å². The Balaban J connectivity index is 3.63. The summed E-state index contributed by atoms with van der Waals surface area (Å²) in [6.07, 6.45) is 0. The van der Waals surface area contributed by atoms with E-state index in [0.29, 0.717) is 0 Å². The van der Waals surface area contributed by atoms with E-state index in [1.54, 1.807) is 6.92 Å². The van der Waals surface area contributed by atoms with Gasteiger partial charge in [0.1, 0.15) is 0 Å². The third kappa shape index (κ3) is 5.48. The van der Waals surface area contributed by atoms with Crippen molar-refractivity contribution < 1.29 is 22.5 Å². The Labute approximate surface area is 77.5 Å². The van der Waals surface area contributed by atoms with E-state index >= 15 is 0 Å². The first-order valence-corrected chi connectivity index (χ1v) is 4.59. The van der Waals surface area contributed by atoms with Crippen LogP contribution in [0.1, 0.15) is 6.92 Å². The van der Waals surface area contributed by atoms with Gasteiger partial charge in [0.25, 0.3) is 0 Å². The molecular formula is C5H9ClO5S. The molecule has 0 radical (unpaired) electrons. The highest BCUT2D eigenvalue weighted by Gasteiger charge is 2.17. The fourth-order valence-corrected chi connectivity index (χ4v) is 0.872. The Bertz CT molecular complexity index is 173. The second-order valence-electron chi connectivity index (χ2n) is 1.72. The molecule has 2 atom stereocenters. The summed E-state index contributed by atoms with van der Waals surface area (Å²) in [6.45, 7) is 1.50. The predicted molar refractivity (Wildman–Crippen MR) is 43.0 cm³/mol. The molecular weight excluding hydrogens is 208 g/mol. The van der Waals surface area contributed by atoms with Gasteiger partial charge in [0, 0.05) is 0 Å². The van der Waals surface area contributed by atoms with E-state index in [2.05, 4.69) is 8.92 Å². The average molecular weight is 217 g/mol. The molecule has 0 spiro atoms. The number of carbonyl (C=O) groups is 1. The van der Waals surface area contributed by atoms with Crippen LogP contribution in [0.4, 0.5) is 0 Å². The maximum Gasteiger partial charge on any atom is 0.326 e. The molecule has 0 aromatic heterocycles. The van der Waals surface area contributed by atoms with Crippen LogP contribution in [0.3, 0.4) is 0 Å². The van der Waals surface area contributed by atoms with Gasteiger partial charge in [-0.3, -0.25) is 13.5 Å². The smallest absolute Gasteiger partial charge is 0.326 e. The zero-order valence-electron chi connectivity index (χ0n) is 6.36. The summed E-state index contributed by atoms with van der Waals surface area (Å²) in [5.41, 5.74) is 0. The molecule has 0 aliphatic carbocycles. The molecule has 0 rings (SSSR count). The zero-order chi connectivity index (χ0) is 9.56. The fraction of sp³-hybridized carbons (Fsp3) is 0.800. The van der Waals surface area contributed by atoms with Crippen LogP contribution in [-0.2, 0) is 25.1 Å². The van der Waals surface area contributed by atoms with Crippen LogP contribution in [0.25, 0.3) is 0 Å². The second kappa shape index (κ2) is 6.36. The first-order valence-electron chi connectivity index (χ1n) is 3.12. The van der Waals surface area contributed by atoms with Crippen molar-refractivity contribution in [3.63, 3.8) is 0 Å². The monoisotopic (exact) mass is 216 g/mol. The van der Waals surface area contributed by atoms with Gasteiger partial charge in [0.2, 0.25) is 0 Å². The maximum absolute atomic E-state index is 10.7. The van der Waals surface area contributed by atoms with E-state index in [1.165, 1.54) is 0 Å². The highest BCUT2D eigenvalue weighted by atomic mass is 35.5. The standard InChI is InChI=1S/C5H9ClO5S/c1-2-10-5(7)4(6)3-11-12(8)9/h4H,2-3H2,1H3,(H,8,9). The van der Waals surface area contributed by atoms with Crippen molar-refractivity contribution in [1.82, 2.24) is 0 Å². The molecule has 0 aromatic carbocycles. The van der Waals surface area contributed by atoms with E-state index in [1.807, 2.05) is 0 Å². The summed E-state index contributed by atoms with van der Waals surface area (Å²) in [6, 6.07) is 0. The molecule has 12 heavy (non-hydrogen) atoms. The lowest BCUT2D eigenvalue weighted by Crippen LogP contribution is -2.23. The third-order valence-corrected chi connectivity index (χ3v) is 1.50. The minimum atomic E-state index is -2.40.